The first-order valence-corrected chi connectivity index (χ1v) is 7.69. The Morgan fingerprint density at radius 3 is 2.48 bits per heavy atom. The molecule has 132 valence electrons. The van der Waals surface area contributed by atoms with Crippen LogP contribution in [0.4, 0.5) is 13.2 Å². The van der Waals surface area contributed by atoms with Gasteiger partial charge in [-0.2, -0.15) is 13.2 Å². The van der Waals surface area contributed by atoms with Gasteiger partial charge in [-0.25, -0.2) is 0 Å². The average molecular weight is 351 g/mol. The van der Waals surface area contributed by atoms with Crippen LogP contribution in [-0.4, -0.2) is 25.5 Å². The van der Waals surface area contributed by atoms with E-state index in [1.807, 2.05) is 0 Å². The monoisotopic (exact) mass is 351 g/mol. The lowest BCUT2D eigenvalue weighted by Gasteiger charge is -2.12. The molecule has 1 saturated heterocycles. The second-order valence-electron chi connectivity index (χ2n) is 5.76. The highest BCUT2D eigenvalue weighted by atomic mass is 19.4. The Labute approximate surface area is 142 Å². The summed E-state index contributed by atoms with van der Waals surface area (Å²) in [5.41, 5.74) is 0.0347. The van der Waals surface area contributed by atoms with Crippen LogP contribution in [0.3, 0.4) is 0 Å². The second kappa shape index (κ2) is 7.14. The number of rotatable bonds is 7. The quantitative estimate of drug-likeness (QED) is 0.613. The molecule has 1 atom stereocenters. The van der Waals surface area contributed by atoms with Gasteiger partial charge >= 0.3 is 6.18 Å². The number of hydrogen-bond donors (Lipinski definition) is 1. The van der Waals surface area contributed by atoms with Gasteiger partial charge in [0, 0.05) is 18.2 Å². The molecule has 0 bridgehead atoms. The number of ether oxygens (including phenoxy) is 2. The fourth-order valence-electron chi connectivity index (χ4n) is 2.23. The molecule has 1 N–H and O–H groups in total. The van der Waals surface area contributed by atoms with E-state index in [1.54, 1.807) is 18.2 Å². The van der Waals surface area contributed by atoms with E-state index in [0.717, 1.165) is 18.7 Å². The van der Waals surface area contributed by atoms with Crippen molar-refractivity contribution in [3.05, 3.63) is 59.2 Å². The van der Waals surface area contributed by atoms with E-state index < -0.39 is 11.7 Å². The first-order valence-electron chi connectivity index (χ1n) is 7.69. The SMILES string of the molecule is O=Cc1cc(OCc2cccc(C(F)(F)F)c2)cc(OCC2CN2)c1. The van der Waals surface area contributed by atoms with E-state index >= 15 is 0 Å². The highest BCUT2D eigenvalue weighted by molar-refractivity contribution is 5.76. The molecule has 7 heteroatoms. The first kappa shape index (κ1) is 17.3. The summed E-state index contributed by atoms with van der Waals surface area (Å²) in [6, 6.07) is 9.97. The van der Waals surface area contributed by atoms with Crippen molar-refractivity contribution in [1.29, 1.82) is 0 Å². The summed E-state index contributed by atoms with van der Waals surface area (Å²) >= 11 is 0. The van der Waals surface area contributed by atoms with Gasteiger partial charge in [0.1, 0.15) is 31.0 Å². The highest BCUT2D eigenvalue weighted by Crippen LogP contribution is 2.30. The topological polar surface area (TPSA) is 57.5 Å². The Morgan fingerprint density at radius 1 is 1.12 bits per heavy atom. The third-order valence-corrected chi connectivity index (χ3v) is 3.64. The predicted octanol–water partition coefficient (Wildman–Crippen LogP) is 3.45. The minimum Gasteiger partial charge on any atom is -0.492 e. The zero-order valence-corrected chi connectivity index (χ0v) is 13.2. The number of carbonyl (C=O) groups excluding carboxylic acids is 1. The van der Waals surface area contributed by atoms with Crippen LogP contribution < -0.4 is 14.8 Å². The van der Waals surface area contributed by atoms with Gasteiger partial charge in [0.25, 0.3) is 0 Å². The zero-order chi connectivity index (χ0) is 17.9. The number of benzene rings is 2. The molecule has 0 aliphatic carbocycles. The van der Waals surface area contributed by atoms with Crippen LogP contribution in [0.1, 0.15) is 21.5 Å². The maximum atomic E-state index is 12.7. The molecular weight excluding hydrogens is 335 g/mol. The van der Waals surface area contributed by atoms with Gasteiger partial charge in [0.05, 0.1) is 11.6 Å². The fraction of sp³-hybridized carbons (Fsp3) is 0.278. The third-order valence-electron chi connectivity index (χ3n) is 3.64. The summed E-state index contributed by atoms with van der Waals surface area (Å²) in [6.07, 6.45) is -3.73. The van der Waals surface area contributed by atoms with Crippen LogP contribution in [0.2, 0.25) is 0 Å². The molecule has 1 unspecified atom stereocenters. The molecule has 3 rings (SSSR count). The number of nitrogens with one attached hydrogen (secondary N) is 1. The van der Waals surface area contributed by atoms with Gasteiger partial charge in [-0.05, 0) is 29.8 Å². The molecule has 0 spiro atoms. The smallest absolute Gasteiger partial charge is 0.416 e. The maximum Gasteiger partial charge on any atom is 0.416 e. The lowest BCUT2D eigenvalue weighted by molar-refractivity contribution is -0.137. The molecule has 0 radical (unpaired) electrons. The second-order valence-corrected chi connectivity index (χ2v) is 5.76. The van der Waals surface area contributed by atoms with Crippen LogP contribution in [0.25, 0.3) is 0 Å². The van der Waals surface area contributed by atoms with Crippen LogP contribution >= 0.6 is 0 Å². The van der Waals surface area contributed by atoms with Crippen molar-refractivity contribution in [2.24, 2.45) is 0 Å². The molecule has 1 heterocycles. The van der Waals surface area contributed by atoms with Gasteiger partial charge in [-0.1, -0.05) is 12.1 Å². The molecule has 2 aromatic rings. The Kier molecular flexibility index (Phi) is 4.94. The van der Waals surface area contributed by atoms with Crippen LogP contribution in [0.15, 0.2) is 42.5 Å². The average Bonchev–Trinajstić information content (AvgIpc) is 3.42. The lowest BCUT2D eigenvalue weighted by atomic mass is 10.1. The van der Waals surface area contributed by atoms with Gasteiger partial charge < -0.3 is 14.8 Å². The fourth-order valence-corrected chi connectivity index (χ4v) is 2.23. The third kappa shape index (κ3) is 4.96. The van der Waals surface area contributed by atoms with Crippen molar-refractivity contribution in [3.63, 3.8) is 0 Å². The van der Waals surface area contributed by atoms with E-state index in [2.05, 4.69) is 5.32 Å². The predicted molar refractivity (Wildman–Crippen MR) is 84.9 cm³/mol. The summed E-state index contributed by atoms with van der Waals surface area (Å²) in [4.78, 5) is 11.0. The van der Waals surface area contributed by atoms with E-state index in [0.29, 0.717) is 41.6 Å². The van der Waals surface area contributed by atoms with Crippen molar-refractivity contribution < 1.29 is 27.4 Å². The lowest BCUT2D eigenvalue weighted by Crippen LogP contribution is -2.07. The molecule has 1 aliphatic rings. The van der Waals surface area contributed by atoms with Gasteiger partial charge in [-0.15, -0.1) is 0 Å². The number of carbonyl (C=O) groups is 1. The van der Waals surface area contributed by atoms with Crippen LogP contribution in [-0.2, 0) is 12.8 Å². The summed E-state index contributed by atoms with van der Waals surface area (Å²) in [7, 11) is 0. The molecule has 25 heavy (non-hydrogen) atoms. The van der Waals surface area contributed by atoms with Crippen molar-refractivity contribution in [1.82, 2.24) is 5.32 Å². The van der Waals surface area contributed by atoms with Crippen molar-refractivity contribution in [3.8, 4) is 11.5 Å². The van der Waals surface area contributed by atoms with Crippen molar-refractivity contribution in [2.45, 2.75) is 18.8 Å². The molecule has 1 aliphatic heterocycles. The molecule has 4 nitrogen and oxygen atoms in total. The Balaban J connectivity index is 1.69. The molecule has 1 fully saturated rings. The van der Waals surface area contributed by atoms with Gasteiger partial charge in [0.15, 0.2) is 0 Å². The number of aldehydes is 1. The summed E-state index contributed by atoms with van der Waals surface area (Å²) in [6.45, 7) is 1.33. The van der Waals surface area contributed by atoms with E-state index in [9.17, 15) is 18.0 Å². The number of alkyl halides is 3. The zero-order valence-electron chi connectivity index (χ0n) is 13.2. The molecule has 0 amide bonds. The molecular formula is C18H16F3NO3. The number of hydrogen-bond acceptors (Lipinski definition) is 4. The van der Waals surface area contributed by atoms with Crippen molar-refractivity contribution in [2.75, 3.05) is 13.2 Å². The largest absolute Gasteiger partial charge is 0.492 e. The summed E-state index contributed by atoms with van der Waals surface area (Å²) < 4.78 is 49.3. The molecule has 0 saturated carbocycles. The summed E-state index contributed by atoms with van der Waals surface area (Å²) in [5, 5.41) is 3.09. The highest BCUT2D eigenvalue weighted by Gasteiger charge is 2.30. The minimum absolute atomic E-state index is 0.0458. The maximum absolute atomic E-state index is 12.7. The number of halogens is 3. The molecule has 0 aromatic heterocycles. The molecule has 2 aromatic carbocycles. The van der Waals surface area contributed by atoms with E-state index in [4.69, 9.17) is 9.47 Å². The standard InChI is InChI=1S/C18H16F3NO3/c19-18(20,21)14-3-1-2-12(4-14)10-24-16-5-13(9-23)6-17(7-16)25-11-15-8-22-15/h1-7,9,15,22H,8,10-11H2. The van der Waals surface area contributed by atoms with Crippen molar-refractivity contribution >= 4 is 6.29 Å². The van der Waals surface area contributed by atoms with Crippen LogP contribution in [0.5, 0.6) is 11.5 Å². The van der Waals surface area contributed by atoms with Gasteiger partial charge in [-0.3, -0.25) is 4.79 Å². The van der Waals surface area contributed by atoms with Gasteiger partial charge in [0.2, 0.25) is 0 Å². The van der Waals surface area contributed by atoms with E-state index in [-0.39, 0.29) is 6.61 Å². The summed E-state index contributed by atoms with van der Waals surface area (Å²) in [5.74, 6) is 0.845. The van der Waals surface area contributed by atoms with Crippen LogP contribution in [0, 0.1) is 0 Å². The normalized spacial score (nSPS) is 16.4. The van der Waals surface area contributed by atoms with E-state index in [1.165, 1.54) is 12.1 Å². The Bertz CT molecular complexity index is 757. The Hall–Kier alpha value is -2.54. The minimum atomic E-state index is -4.40. The Morgan fingerprint density at radius 2 is 1.84 bits per heavy atom. The first-order chi connectivity index (χ1) is 11.9.